The highest BCUT2D eigenvalue weighted by molar-refractivity contribution is 7.10. The minimum Gasteiger partial charge on any atom is -0.310 e. The van der Waals surface area contributed by atoms with Crippen molar-refractivity contribution < 1.29 is 0 Å². The fourth-order valence-corrected chi connectivity index (χ4v) is 8.80. The van der Waals surface area contributed by atoms with Crippen molar-refractivity contribution in [2.75, 3.05) is 4.90 Å². The molecule has 0 aliphatic heterocycles. The summed E-state index contributed by atoms with van der Waals surface area (Å²) in [5.74, 6) is 0. The number of anilines is 3. The second-order valence-electron chi connectivity index (χ2n) is 14.3. The molecule has 0 aliphatic carbocycles. The van der Waals surface area contributed by atoms with Gasteiger partial charge in [0.1, 0.15) is 0 Å². The van der Waals surface area contributed by atoms with Crippen molar-refractivity contribution in [2.24, 2.45) is 0 Å². The molecule has 0 spiro atoms. The Hall–Kier alpha value is -5.70. The number of rotatable bonds is 8. The van der Waals surface area contributed by atoms with E-state index in [0.29, 0.717) is 0 Å². The molecule has 0 N–H and O–H groups in total. The van der Waals surface area contributed by atoms with Crippen LogP contribution >= 0.6 is 11.3 Å². The molecule has 2 heteroatoms. The van der Waals surface area contributed by atoms with Crippen LogP contribution in [-0.2, 0) is 5.41 Å². The topological polar surface area (TPSA) is 3.24 Å². The second kappa shape index (κ2) is 13.8. The molecule has 52 heavy (non-hydrogen) atoms. The van der Waals surface area contributed by atoms with Crippen LogP contribution in [0.3, 0.4) is 0 Å². The molecule has 254 valence electrons. The van der Waals surface area contributed by atoms with Gasteiger partial charge in [0.25, 0.3) is 0 Å². The minimum absolute atomic E-state index is 0.0800. The third kappa shape index (κ3) is 6.14. The van der Waals surface area contributed by atoms with Crippen LogP contribution in [0.1, 0.15) is 41.0 Å². The Morgan fingerprint density at radius 1 is 0.481 bits per heavy atom. The molecule has 1 aromatic heterocycles. The van der Waals surface area contributed by atoms with Crippen LogP contribution in [0.15, 0.2) is 169 Å². The van der Waals surface area contributed by atoms with Gasteiger partial charge in [0.2, 0.25) is 0 Å². The lowest BCUT2D eigenvalue weighted by molar-refractivity contribution is 0.635. The Morgan fingerprint density at radius 2 is 1.08 bits per heavy atom. The summed E-state index contributed by atoms with van der Waals surface area (Å²) in [6.07, 6.45) is 0. The molecule has 0 fully saturated rings. The Balaban J connectivity index is 1.18. The third-order valence-corrected chi connectivity index (χ3v) is 11.6. The maximum Gasteiger partial charge on any atom is 0.0540 e. The lowest BCUT2D eigenvalue weighted by Gasteiger charge is -2.29. The Kier molecular flexibility index (Phi) is 8.87. The van der Waals surface area contributed by atoms with E-state index in [1.165, 1.54) is 71.3 Å². The van der Waals surface area contributed by atoms with Crippen LogP contribution in [0, 0.1) is 20.8 Å². The van der Waals surface area contributed by atoms with Crippen molar-refractivity contribution in [1.82, 2.24) is 0 Å². The van der Waals surface area contributed by atoms with Gasteiger partial charge in [-0.2, -0.15) is 0 Å². The highest BCUT2D eigenvalue weighted by Gasteiger charge is 2.28. The fraction of sp³-hybridized carbons (Fsp3) is 0.120. The maximum atomic E-state index is 2.38. The second-order valence-corrected chi connectivity index (χ2v) is 15.4. The van der Waals surface area contributed by atoms with Crippen molar-refractivity contribution in [2.45, 2.75) is 40.0 Å². The first-order valence-corrected chi connectivity index (χ1v) is 19.0. The molecule has 0 saturated carbocycles. The largest absolute Gasteiger partial charge is 0.310 e. The van der Waals surface area contributed by atoms with Gasteiger partial charge in [-0.15, -0.1) is 11.3 Å². The number of hydrogen-bond acceptors (Lipinski definition) is 2. The van der Waals surface area contributed by atoms with Crippen LogP contribution in [0.25, 0.3) is 44.2 Å². The van der Waals surface area contributed by atoms with Crippen molar-refractivity contribution in [3.05, 3.63) is 196 Å². The monoisotopic (exact) mass is 689 g/mol. The van der Waals surface area contributed by atoms with Gasteiger partial charge in [-0.1, -0.05) is 135 Å². The van der Waals surface area contributed by atoms with Gasteiger partial charge in [0.05, 0.1) is 5.69 Å². The van der Waals surface area contributed by atoms with Crippen LogP contribution in [0.2, 0.25) is 0 Å². The molecule has 0 aliphatic rings. The third-order valence-electron chi connectivity index (χ3n) is 10.8. The molecule has 1 heterocycles. The Labute approximate surface area is 312 Å². The van der Waals surface area contributed by atoms with E-state index in [-0.39, 0.29) is 5.41 Å². The quantitative estimate of drug-likeness (QED) is 0.153. The van der Waals surface area contributed by atoms with Crippen LogP contribution in [0.4, 0.5) is 17.1 Å². The molecule has 0 bridgehead atoms. The van der Waals surface area contributed by atoms with Crippen molar-refractivity contribution >= 4 is 39.2 Å². The number of benzene rings is 7. The number of aryl methyl sites for hydroxylation is 2. The van der Waals surface area contributed by atoms with Gasteiger partial charge in [-0.05, 0) is 130 Å². The number of hydrogen-bond donors (Lipinski definition) is 0. The Bertz CT molecular complexity index is 2500. The zero-order chi connectivity index (χ0) is 35.8. The number of nitrogens with zero attached hydrogens (tertiary/aromatic N) is 1. The minimum atomic E-state index is -0.0800. The molecule has 8 aromatic rings. The van der Waals surface area contributed by atoms with E-state index >= 15 is 0 Å². The summed E-state index contributed by atoms with van der Waals surface area (Å²) in [4.78, 5) is 3.77. The summed E-state index contributed by atoms with van der Waals surface area (Å²) < 4.78 is 0. The number of fused-ring (bicyclic) bond motifs is 1. The van der Waals surface area contributed by atoms with Gasteiger partial charge >= 0.3 is 0 Å². The molecule has 0 amide bonds. The van der Waals surface area contributed by atoms with E-state index < -0.39 is 0 Å². The smallest absolute Gasteiger partial charge is 0.0540 e. The van der Waals surface area contributed by atoms with Gasteiger partial charge in [0.15, 0.2) is 0 Å². The zero-order valence-corrected chi connectivity index (χ0v) is 31.3. The van der Waals surface area contributed by atoms with E-state index in [1.54, 1.807) is 0 Å². The first-order chi connectivity index (χ1) is 25.3. The van der Waals surface area contributed by atoms with E-state index in [4.69, 9.17) is 0 Å². The average Bonchev–Trinajstić information content (AvgIpc) is 3.63. The zero-order valence-electron chi connectivity index (χ0n) is 30.5. The molecule has 7 aromatic carbocycles. The van der Waals surface area contributed by atoms with Gasteiger partial charge in [-0.3, -0.25) is 0 Å². The molecule has 1 nitrogen and oxygen atoms in total. The molecule has 8 rings (SSSR count). The van der Waals surface area contributed by atoms with Crippen molar-refractivity contribution in [1.29, 1.82) is 0 Å². The molecular weight excluding hydrogens is 647 g/mol. The maximum absolute atomic E-state index is 2.38. The predicted molar refractivity (Wildman–Crippen MR) is 226 cm³/mol. The van der Waals surface area contributed by atoms with E-state index in [9.17, 15) is 0 Å². The van der Waals surface area contributed by atoms with Crippen LogP contribution in [0.5, 0.6) is 0 Å². The summed E-state index contributed by atoms with van der Waals surface area (Å²) in [6.45, 7) is 11.5. The van der Waals surface area contributed by atoms with Gasteiger partial charge in [-0.25, -0.2) is 0 Å². The molecule has 0 saturated heterocycles. The van der Waals surface area contributed by atoms with Crippen molar-refractivity contribution in [3.8, 4) is 33.4 Å². The molecule has 0 atom stereocenters. The first-order valence-electron chi connectivity index (χ1n) is 18.1. The highest BCUT2D eigenvalue weighted by Crippen LogP contribution is 2.43. The van der Waals surface area contributed by atoms with Crippen LogP contribution in [-0.4, -0.2) is 0 Å². The average molecular weight is 690 g/mol. The van der Waals surface area contributed by atoms with Gasteiger partial charge < -0.3 is 4.90 Å². The highest BCUT2D eigenvalue weighted by atomic mass is 32.1. The predicted octanol–water partition coefficient (Wildman–Crippen LogP) is 14.6. The number of thiophene rings is 1. The summed E-state index contributed by atoms with van der Waals surface area (Å²) in [5, 5.41) is 4.66. The molecule has 0 radical (unpaired) electrons. The fourth-order valence-electron chi connectivity index (χ4n) is 7.94. The molecular formula is C50H43NS. The molecule has 0 unspecified atom stereocenters. The summed E-state index contributed by atoms with van der Waals surface area (Å²) in [7, 11) is 0. The summed E-state index contributed by atoms with van der Waals surface area (Å²) >= 11 is 1.83. The lowest BCUT2D eigenvalue weighted by atomic mass is 9.75. The van der Waals surface area contributed by atoms with E-state index in [0.717, 1.165) is 17.1 Å². The standard InChI is InChI=1S/C50H43NS/c1-34-21-22-41(33-46(34)44-18-12-19-47(35(44)2)50(4,5)48-31-32-52-36(48)3)39-25-29-43(30-26-39)51(49-20-11-16-40-15-9-10-17-45(40)49)42-27-23-38(24-28-42)37-13-7-6-8-14-37/h6-33H,1-5H3. The SMILES string of the molecule is Cc1ccc(-c2ccc(N(c3ccc(-c4ccccc4)cc3)c3cccc4ccccc34)cc2)cc1-c1cccc(C(C)(C)c2ccsc2C)c1C. The lowest BCUT2D eigenvalue weighted by Crippen LogP contribution is -2.20. The van der Waals surface area contributed by atoms with E-state index in [2.05, 4.69) is 209 Å². The van der Waals surface area contributed by atoms with E-state index in [1.807, 2.05) is 11.3 Å². The first kappa shape index (κ1) is 33.4. The summed E-state index contributed by atoms with van der Waals surface area (Å²) in [6, 6.07) is 59.8. The Morgan fingerprint density at radius 3 is 1.77 bits per heavy atom. The van der Waals surface area contributed by atoms with Gasteiger partial charge in [0, 0.05) is 27.1 Å². The van der Waals surface area contributed by atoms with Crippen LogP contribution < -0.4 is 4.90 Å². The normalized spacial score (nSPS) is 11.6. The van der Waals surface area contributed by atoms with Crippen molar-refractivity contribution in [3.63, 3.8) is 0 Å². The summed E-state index contributed by atoms with van der Waals surface area (Å²) in [5.41, 5.74) is 16.2.